The van der Waals surface area contributed by atoms with Gasteiger partial charge >= 0.3 is 0 Å². The van der Waals surface area contributed by atoms with E-state index in [4.69, 9.17) is 16.0 Å². The maximum absolute atomic E-state index is 9.71. The fraction of sp³-hybridized carbons (Fsp3) is 0.333. The van der Waals surface area contributed by atoms with Crippen molar-refractivity contribution in [2.75, 3.05) is 0 Å². The molecule has 1 aliphatic carbocycles. The van der Waals surface area contributed by atoms with E-state index in [1.54, 1.807) is 17.6 Å². The van der Waals surface area contributed by atoms with E-state index in [1.807, 2.05) is 36.4 Å². The zero-order valence-electron chi connectivity index (χ0n) is 16.8. The molecule has 0 saturated heterocycles. The van der Waals surface area contributed by atoms with Gasteiger partial charge in [0.25, 0.3) is 0 Å². The van der Waals surface area contributed by atoms with Crippen molar-refractivity contribution >= 4 is 34.2 Å². The molecule has 1 aliphatic rings. The van der Waals surface area contributed by atoms with Crippen molar-refractivity contribution in [3.8, 4) is 17.4 Å². The first-order valence-electron chi connectivity index (χ1n) is 9.79. The Bertz CT molecular complexity index is 1090. The molecule has 3 nitrogen and oxygen atoms in total. The molecular formula is C24H23ClN2OS. The maximum atomic E-state index is 9.71. The molecule has 0 saturated carbocycles. The molecule has 0 fully saturated rings. The number of furan rings is 1. The van der Waals surface area contributed by atoms with E-state index in [0.717, 1.165) is 41.2 Å². The summed E-state index contributed by atoms with van der Waals surface area (Å²) in [6.45, 7) is 6.90. The average Bonchev–Trinajstić information content (AvgIpc) is 3.29. The van der Waals surface area contributed by atoms with Crippen molar-refractivity contribution in [1.29, 1.82) is 5.26 Å². The number of aliphatic imine (C=N–C) groups is 1. The summed E-state index contributed by atoms with van der Waals surface area (Å²) in [6.07, 6.45) is 4.84. The standard InChI is InChI=1S/C24H23ClN2OS/c1-24(2,3)16-6-10-19-20(13-26)23(29-22(19)12-16)27-14-18-9-11-21(28-18)15-4-7-17(25)8-5-15/h4-5,7-9,11,14,16H,6,10,12H2,1-3H3/t16-/m1/s1. The van der Waals surface area contributed by atoms with Crippen molar-refractivity contribution in [1.82, 2.24) is 0 Å². The summed E-state index contributed by atoms with van der Waals surface area (Å²) in [6, 6.07) is 13.7. The number of benzene rings is 1. The quantitative estimate of drug-likeness (QED) is 0.412. The summed E-state index contributed by atoms with van der Waals surface area (Å²) < 4.78 is 5.90. The number of nitrogens with zero attached hydrogens (tertiary/aromatic N) is 2. The van der Waals surface area contributed by atoms with Gasteiger partial charge in [-0.2, -0.15) is 5.26 Å². The number of hydrogen-bond acceptors (Lipinski definition) is 4. The summed E-state index contributed by atoms with van der Waals surface area (Å²) in [5, 5.41) is 11.2. The van der Waals surface area contributed by atoms with Gasteiger partial charge in [-0.1, -0.05) is 32.4 Å². The van der Waals surface area contributed by atoms with Crippen LogP contribution in [-0.4, -0.2) is 6.21 Å². The van der Waals surface area contributed by atoms with Gasteiger partial charge in [0.2, 0.25) is 0 Å². The van der Waals surface area contributed by atoms with Crippen LogP contribution in [0.25, 0.3) is 11.3 Å². The Kier molecular flexibility index (Phi) is 5.38. The average molecular weight is 423 g/mol. The zero-order chi connectivity index (χ0) is 20.6. The van der Waals surface area contributed by atoms with Crippen molar-refractivity contribution < 1.29 is 4.42 Å². The van der Waals surface area contributed by atoms with Crippen molar-refractivity contribution in [3.05, 3.63) is 63.2 Å². The minimum absolute atomic E-state index is 0.282. The molecule has 2 heterocycles. The highest BCUT2D eigenvalue weighted by Gasteiger charge is 2.32. The predicted molar refractivity (Wildman–Crippen MR) is 120 cm³/mol. The minimum Gasteiger partial charge on any atom is -0.455 e. The SMILES string of the molecule is CC(C)(C)[C@@H]1CCc2c(sc(N=Cc3ccc(-c4ccc(Cl)cc4)o3)c2C#N)C1. The lowest BCUT2D eigenvalue weighted by Crippen LogP contribution is -2.26. The second-order valence-corrected chi connectivity index (χ2v) is 10.1. The van der Waals surface area contributed by atoms with Gasteiger partial charge in [-0.3, -0.25) is 0 Å². The normalized spacial score (nSPS) is 16.7. The Morgan fingerprint density at radius 1 is 1.21 bits per heavy atom. The second kappa shape index (κ2) is 7.82. The molecule has 148 valence electrons. The van der Waals surface area contributed by atoms with Crippen LogP contribution in [0, 0.1) is 22.7 Å². The fourth-order valence-electron chi connectivity index (χ4n) is 3.83. The Labute approximate surface area is 180 Å². The maximum Gasteiger partial charge on any atom is 0.145 e. The van der Waals surface area contributed by atoms with Crippen LogP contribution in [0.5, 0.6) is 0 Å². The topological polar surface area (TPSA) is 49.3 Å². The first-order chi connectivity index (χ1) is 13.8. The minimum atomic E-state index is 0.282. The van der Waals surface area contributed by atoms with Crippen LogP contribution in [0.1, 0.15) is 49.0 Å². The van der Waals surface area contributed by atoms with Crippen LogP contribution in [0.4, 0.5) is 5.00 Å². The Hall–Kier alpha value is -2.35. The predicted octanol–water partition coefficient (Wildman–Crippen LogP) is 7.43. The summed E-state index contributed by atoms with van der Waals surface area (Å²) in [5.41, 5.74) is 3.18. The second-order valence-electron chi connectivity index (χ2n) is 8.57. The van der Waals surface area contributed by atoms with Crippen LogP contribution in [0.2, 0.25) is 5.02 Å². The number of rotatable bonds is 3. The van der Waals surface area contributed by atoms with Crippen molar-refractivity contribution in [2.45, 2.75) is 40.0 Å². The number of hydrogen-bond donors (Lipinski definition) is 0. The molecule has 29 heavy (non-hydrogen) atoms. The lowest BCUT2D eigenvalue weighted by molar-refractivity contribution is 0.218. The molecule has 2 aromatic heterocycles. The Morgan fingerprint density at radius 2 is 1.97 bits per heavy atom. The highest BCUT2D eigenvalue weighted by atomic mass is 35.5. The molecule has 4 rings (SSSR count). The van der Waals surface area contributed by atoms with Crippen molar-refractivity contribution in [3.63, 3.8) is 0 Å². The van der Waals surface area contributed by atoms with Gasteiger partial charge < -0.3 is 4.42 Å². The van der Waals surface area contributed by atoms with Crippen LogP contribution < -0.4 is 0 Å². The Balaban J connectivity index is 1.58. The lowest BCUT2D eigenvalue weighted by Gasteiger charge is -2.33. The summed E-state index contributed by atoms with van der Waals surface area (Å²) in [7, 11) is 0. The molecule has 0 amide bonds. The third kappa shape index (κ3) is 4.17. The highest BCUT2D eigenvalue weighted by Crippen LogP contribution is 2.44. The number of nitriles is 1. The van der Waals surface area contributed by atoms with E-state index >= 15 is 0 Å². The van der Waals surface area contributed by atoms with Gasteiger partial charge in [0.05, 0.1) is 11.8 Å². The van der Waals surface area contributed by atoms with E-state index in [9.17, 15) is 5.26 Å². The first kappa shape index (κ1) is 19.9. The van der Waals surface area contributed by atoms with Crippen LogP contribution in [0.3, 0.4) is 0 Å². The molecule has 1 aromatic carbocycles. The number of fused-ring (bicyclic) bond motifs is 1. The third-order valence-electron chi connectivity index (χ3n) is 5.65. The smallest absolute Gasteiger partial charge is 0.145 e. The van der Waals surface area contributed by atoms with E-state index in [0.29, 0.717) is 16.7 Å². The molecule has 0 aliphatic heterocycles. The van der Waals surface area contributed by atoms with Crippen LogP contribution in [-0.2, 0) is 12.8 Å². The van der Waals surface area contributed by atoms with Gasteiger partial charge in [0.1, 0.15) is 22.6 Å². The van der Waals surface area contributed by atoms with Crippen LogP contribution in [0.15, 0.2) is 45.8 Å². The van der Waals surface area contributed by atoms with E-state index in [-0.39, 0.29) is 5.41 Å². The monoisotopic (exact) mass is 422 g/mol. The molecule has 0 N–H and O–H groups in total. The highest BCUT2D eigenvalue weighted by molar-refractivity contribution is 7.16. The number of thiophene rings is 1. The lowest BCUT2D eigenvalue weighted by atomic mass is 9.72. The van der Waals surface area contributed by atoms with Gasteiger partial charge in [-0.25, -0.2) is 4.99 Å². The van der Waals surface area contributed by atoms with Gasteiger partial charge in [0, 0.05) is 15.5 Å². The van der Waals surface area contributed by atoms with Gasteiger partial charge in [-0.15, -0.1) is 11.3 Å². The van der Waals surface area contributed by atoms with Gasteiger partial charge in [-0.05, 0) is 72.6 Å². The molecule has 1 atom stereocenters. The molecular weight excluding hydrogens is 400 g/mol. The summed E-state index contributed by atoms with van der Waals surface area (Å²) in [5.74, 6) is 2.07. The van der Waals surface area contributed by atoms with Gasteiger partial charge in [0.15, 0.2) is 0 Å². The molecule has 0 radical (unpaired) electrons. The van der Waals surface area contributed by atoms with Crippen LogP contribution >= 0.6 is 22.9 Å². The molecule has 3 aromatic rings. The summed E-state index contributed by atoms with van der Waals surface area (Å²) >= 11 is 7.60. The fourth-order valence-corrected chi connectivity index (χ4v) is 5.18. The van der Waals surface area contributed by atoms with E-state index < -0.39 is 0 Å². The zero-order valence-corrected chi connectivity index (χ0v) is 18.4. The van der Waals surface area contributed by atoms with Crippen molar-refractivity contribution in [2.24, 2.45) is 16.3 Å². The first-order valence-corrected chi connectivity index (χ1v) is 11.0. The molecule has 0 spiro atoms. The van der Waals surface area contributed by atoms with E-state index in [2.05, 4.69) is 31.8 Å². The molecule has 0 bridgehead atoms. The Morgan fingerprint density at radius 3 is 2.66 bits per heavy atom. The summed E-state index contributed by atoms with van der Waals surface area (Å²) in [4.78, 5) is 5.94. The third-order valence-corrected chi connectivity index (χ3v) is 7.06. The van der Waals surface area contributed by atoms with E-state index in [1.165, 1.54) is 10.4 Å². The largest absolute Gasteiger partial charge is 0.455 e. The molecule has 5 heteroatoms. The number of halogens is 1. The molecule has 0 unspecified atom stereocenters.